The van der Waals surface area contributed by atoms with Gasteiger partial charge in [-0.3, -0.25) is 9.20 Å². The predicted molar refractivity (Wildman–Crippen MR) is 52.1 cm³/mol. The van der Waals surface area contributed by atoms with Crippen molar-refractivity contribution in [3.8, 4) is 0 Å². The number of rotatable bonds is 2. The van der Waals surface area contributed by atoms with Crippen LogP contribution in [0.4, 0.5) is 0 Å². The molecular weight excluding hydrogens is 250 g/mol. The van der Waals surface area contributed by atoms with E-state index in [1.54, 1.807) is 10.6 Å². The van der Waals surface area contributed by atoms with E-state index in [9.17, 15) is 4.79 Å². The van der Waals surface area contributed by atoms with Gasteiger partial charge >= 0.3 is 0 Å². The van der Waals surface area contributed by atoms with Crippen LogP contribution in [-0.4, -0.2) is 31.9 Å². The molecule has 0 aliphatic heterocycles. The molecule has 6 heteroatoms. The molecule has 0 aromatic carbocycles. The van der Waals surface area contributed by atoms with Gasteiger partial charge in [0.25, 0.3) is 0 Å². The number of nitrogens with zero attached hydrogens (tertiary/aromatic N) is 3. The number of aliphatic hydroxyl groups is 1. The van der Waals surface area contributed by atoms with Crippen LogP contribution in [0.3, 0.4) is 0 Å². The van der Waals surface area contributed by atoms with Gasteiger partial charge in [-0.1, -0.05) is 0 Å². The average molecular weight is 256 g/mol. The number of aromatic nitrogens is 3. The smallest absolute Gasteiger partial charge is 0.207 e. The summed E-state index contributed by atoms with van der Waals surface area (Å²) in [6.45, 7) is -0.537. The minimum Gasteiger partial charge on any atom is -0.388 e. The summed E-state index contributed by atoms with van der Waals surface area (Å²) in [6, 6.07) is 0. The van der Waals surface area contributed by atoms with Crippen LogP contribution in [0.15, 0.2) is 23.2 Å². The van der Waals surface area contributed by atoms with E-state index in [4.69, 9.17) is 5.11 Å². The molecule has 0 saturated carbocycles. The molecule has 0 aliphatic rings. The van der Waals surface area contributed by atoms with Crippen molar-refractivity contribution in [2.45, 2.75) is 0 Å². The highest BCUT2D eigenvalue weighted by Crippen LogP contribution is 2.12. The van der Waals surface area contributed by atoms with Gasteiger partial charge in [-0.15, -0.1) is 0 Å². The SMILES string of the molecule is O=C(CO)c1cn2c(Br)cnc2cn1. The third-order valence-electron chi connectivity index (χ3n) is 1.78. The number of ketones is 1. The number of aliphatic hydroxyl groups excluding tert-OH is 1. The van der Waals surface area contributed by atoms with Crippen LogP contribution in [0.2, 0.25) is 0 Å². The standard InChI is InChI=1S/C8H6BrN3O2/c9-7-1-11-8-2-10-5(3-12(7)8)6(14)4-13/h1-3,13H,4H2. The van der Waals surface area contributed by atoms with Gasteiger partial charge in [-0.25, -0.2) is 9.97 Å². The molecule has 0 fully saturated rings. The first kappa shape index (κ1) is 9.29. The minimum atomic E-state index is -0.537. The fourth-order valence-electron chi connectivity index (χ4n) is 1.08. The molecule has 2 heterocycles. The van der Waals surface area contributed by atoms with E-state index in [-0.39, 0.29) is 5.69 Å². The Morgan fingerprint density at radius 2 is 2.29 bits per heavy atom. The van der Waals surface area contributed by atoms with Gasteiger partial charge in [0.1, 0.15) is 16.9 Å². The molecular formula is C8H6BrN3O2. The summed E-state index contributed by atoms with van der Waals surface area (Å²) >= 11 is 3.27. The zero-order chi connectivity index (χ0) is 10.1. The van der Waals surface area contributed by atoms with Crippen molar-refractivity contribution in [1.29, 1.82) is 0 Å². The molecule has 0 spiro atoms. The number of halogens is 1. The number of Topliss-reactive ketones (excluding diaryl/α,β-unsaturated/α-hetero) is 1. The van der Waals surface area contributed by atoms with Gasteiger partial charge in [-0.2, -0.15) is 0 Å². The zero-order valence-electron chi connectivity index (χ0n) is 7.01. The summed E-state index contributed by atoms with van der Waals surface area (Å²) in [5.41, 5.74) is 0.866. The summed E-state index contributed by atoms with van der Waals surface area (Å²) in [6.07, 6.45) is 4.63. The van der Waals surface area contributed by atoms with Crippen LogP contribution in [0, 0.1) is 0 Å². The lowest BCUT2D eigenvalue weighted by Gasteiger charge is -1.98. The Labute approximate surface area is 87.5 Å². The summed E-state index contributed by atoms with van der Waals surface area (Å²) in [5, 5.41) is 8.65. The number of imidazole rings is 1. The highest BCUT2D eigenvalue weighted by Gasteiger charge is 2.08. The largest absolute Gasteiger partial charge is 0.388 e. The Bertz CT molecular complexity index is 494. The van der Waals surface area contributed by atoms with Gasteiger partial charge in [-0.05, 0) is 15.9 Å². The lowest BCUT2D eigenvalue weighted by Crippen LogP contribution is -2.08. The van der Waals surface area contributed by atoms with E-state index in [2.05, 4.69) is 25.9 Å². The molecule has 0 atom stereocenters. The van der Waals surface area contributed by atoms with Gasteiger partial charge < -0.3 is 5.11 Å². The Balaban J connectivity index is 2.60. The molecule has 0 amide bonds. The van der Waals surface area contributed by atoms with E-state index in [1.807, 2.05) is 0 Å². The van der Waals surface area contributed by atoms with Gasteiger partial charge in [0.05, 0.1) is 12.4 Å². The molecule has 0 saturated heterocycles. The maximum absolute atomic E-state index is 11.1. The quantitative estimate of drug-likeness (QED) is 0.802. The first-order valence-electron chi connectivity index (χ1n) is 3.85. The van der Waals surface area contributed by atoms with Crippen LogP contribution in [-0.2, 0) is 0 Å². The lowest BCUT2D eigenvalue weighted by atomic mass is 10.3. The van der Waals surface area contributed by atoms with Gasteiger partial charge in [0.2, 0.25) is 5.78 Å². The second-order valence-corrected chi connectivity index (χ2v) is 3.48. The maximum atomic E-state index is 11.1. The fraction of sp³-hybridized carbons (Fsp3) is 0.125. The highest BCUT2D eigenvalue weighted by molar-refractivity contribution is 9.10. The van der Waals surface area contributed by atoms with Crippen LogP contribution >= 0.6 is 15.9 Å². The predicted octanol–water partition coefficient (Wildman–Crippen LogP) is 0.667. The molecule has 2 aromatic heterocycles. The first-order valence-corrected chi connectivity index (χ1v) is 4.64. The Hall–Kier alpha value is -1.27. The number of hydrogen-bond donors (Lipinski definition) is 1. The molecule has 2 rings (SSSR count). The third-order valence-corrected chi connectivity index (χ3v) is 2.37. The van der Waals surface area contributed by atoms with E-state index in [1.165, 1.54) is 12.4 Å². The highest BCUT2D eigenvalue weighted by atomic mass is 79.9. The third kappa shape index (κ3) is 1.42. The van der Waals surface area contributed by atoms with Gasteiger partial charge in [0, 0.05) is 6.20 Å². The van der Waals surface area contributed by atoms with Crippen LogP contribution in [0.5, 0.6) is 0 Å². The molecule has 0 unspecified atom stereocenters. The summed E-state index contributed by atoms with van der Waals surface area (Å²) < 4.78 is 2.41. The number of carbonyl (C=O) groups excluding carboxylic acids is 1. The topological polar surface area (TPSA) is 67.5 Å². The lowest BCUT2D eigenvalue weighted by molar-refractivity contribution is 0.0898. The van der Waals surface area contributed by atoms with Crippen molar-refractivity contribution < 1.29 is 9.90 Å². The molecule has 0 radical (unpaired) electrons. The van der Waals surface area contributed by atoms with Crippen LogP contribution in [0.25, 0.3) is 5.65 Å². The number of fused-ring (bicyclic) bond motifs is 1. The first-order chi connectivity index (χ1) is 6.72. The van der Waals surface area contributed by atoms with Crippen molar-refractivity contribution in [2.24, 2.45) is 0 Å². The molecule has 5 nitrogen and oxygen atoms in total. The van der Waals surface area contributed by atoms with Crippen LogP contribution < -0.4 is 0 Å². The molecule has 0 aliphatic carbocycles. The normalized spacial score (nSPS) is 10.7. The van der Waals surface area contributed by atoms with Crippen molar-refractivity contribution >= 4 is 27.4 Å². The Morgan fingerprint density at radius 1 is 1.50 bits per heavy atom. The molecule has 2 aromatic rings. The molecule has 72 valence electrons. The molecule has 1 N–H and O–H groups in total. The number of hydrogen-bond acceptors (Lipinski definition) is 4. The summed E-state index contributed by atoms with van der Waals surface area (Å²) in [7, 11) is 0. The minimum absolute atomic E-state index is 0.221. The second-order valence-electron chi connectivity index (χ2n) is 2.66. The maximum Gasteiger partial charge on any atom is 0.207 e. The fourth-order valence-corrected chi connectivity index (χ4v) is 1.47. The average Bonchev–Trinajstić information content (AvgIpc) is 2.59. The van der Waals surface area contributed by atoms with Crippen molar-refractivity contribution in [1.82, 2.24) is 14.4 Å². The zero-order valence-corrected chi connectivity index (χ0v) is 8.60. The molecule has 14 heavy (non-hydrogen) atoms. The molecule has 0 bridgehead atoms. The van der Waals surface area contributed by atoms with Crippen LogP contribution in [0.1, 0.15) is 10.5 Å². The Kier molecular flexibility index (Phi) is 2.30. The summed E-state index contributed by atoms with van der Waals surface area (Å²) in [5.74, 6) is -0.410. The number of carbonyl (C=O) groups is 1. The Morgan fingerprint density at radius 3 is 3.00 bits per heavy atom. The van der Waals surface area contributed by atoms with Crippen molar-refractivity contribution in [2.75, 3.05) is 6.61 Å². The van der Waals surface area contributed by atoms with E-state index in [0.29, 0.717) is 5.65 Å². The second kappa shape index (κ2) is 3.47. The van der Waals surface area contributed by atoms with Crippen molar-refractivity contribution in [3.63, 3.8) is 0 Å². The summed E-state index contributed by atoms with van der Waals surface area (Å²) in [4.78, 5) is 19.0. The van der Waals surface area contributed by atoms with E-state index >= 15 is 0 Å². The van der Waals surface area contributed by atoms with Gasteiger partial charge in [0.15, 0.2) is 5.65 Å². The monoisotopic (exact) mass is 255 g/mol. The van der Waals surface area contributed by atoms with E-state index in [0.717, 1.165) is 4.60 Å². The van der Waals surface area contributed by atoms with Crippen molar-refractivity contribution in [3.05, 3.63) is 28.9 Å². The van der Waals surface area contributed by atoms with E-state index < -0.39 is 12.4 Å².